The van der Waals surface area contributed by atoms with Gasteiger partial charge in [-0.25, -0.2) is 0 Å². The Labute approximate surface area is 130 Å². The van der Waals surface area contributed by atoms with Gasteiger partial charge in [0, 0.05) is 18.5 Å². The zero-order valence-electron chi connectivity index (χ0n) is 12.0. The van der Waals surface area contributed by atoms with Gasteiger partial charge in [0.05, 0.1) is 5.56 Å². The molecule has 114 valence electrons. The second kappa shape index (κ2) is 6.56. The third-order valence-electron chi connectivity index (χ3n) is 4.11. The summed E-state index contributed by atoms with van der Waals surface area (Å²) in [5.74, 6) is 1.96. The van der Waals surface area contributed by atoms with E-state index in [2.05, 4.69) is 0 Å². The Morgan fingerprint density at radius 1 is 1.33 bits per heavy atom. The molecule has 0 bridgehead atoms. The maximum Gasteiger partial charge on any atom is 0.258 e. The average molecular weight is 310 g/mol. The van der Waals surface area contributed by atoms with Crippen LogP contribution in [-0.2, 0) is 0 Å². The van der Waals surface area contributed by atoms with Gasteiger partial charge in [-0.1, -0.05) is 6.07 Å². The molecule has 1 aromatic rings. The molecule has 0 saturated carbocycles. The number of alkyl halides is 1. The lowest BCUT2D eigenvalue weighted by Gasteiger charge is -2.27. The molecule has 2 aliphatic heterocycles. The van der Waals surface area contributed by atoms with Gasteiger partial charge in [0.25, 0.3) is 5.91 Å². The summed E-state index contributed by atoms with van der Waals surface area (Å²) in [6.07, 6.45) is 4.05. The molecular formula is C16H20ClNO3. The molecule has 3 rings (SSSR count). The highest BCUT2D eigenvalue weighted by Crippen LogP contribution is 2.35. The molecule has 0 aliphatic carbocycles. The van der Waals surface area contributed by atoms with E-state index in [1.165, 1.54) is 0 Å². The number of ether oxygens (including phenoxy) is 2. The number of nitrogens with zero attached hydrogens (tertiary/aromatic N) is 1. The first-order chi connectivity index (χ1) is 10.3. The highest BCUT2D eigenvalue weighted by atomic mass is 35.5. The maximum atomic E-state index is 12.8. The summed E-state index contributed by atoms with van der Waals surface area (Å²) in [5.41, 5.74) is 0.616. The number of hydrogen-bond donors (Lipinski definition) is 0. The van der Waals surface area contributed by atoms with Crippen LogP contribution in [0.15, 0.2) is 18.2 Å². The van der Waals surface area contributed by atoms with Gasteiger partial charge in [-0.15, -0.1) is 11.6 Å². The fraction of sp³-hybridized carbons (Fsp3) is 0.562. The molecule has 4 nitrogen and oxygen atoms in total. The van der Waals surface area contributed by atoms with Crippen LogP contribution in [0.4, 0.5) is 0 Å². The van der Waals surface area contributed by atoms with E-state index in [1.807, 2.05) is 23.1 Å². The zero-order valence-corrected chi connectivity index (χ0v) is 12.8. The largest absolute Gasteiger partial charge is 0.486 e. The second-order valence-electron chi connectivity index (χ2n) is 5.46. The quantitative estimate of drug-likeness (QED) is 0.802. The lowest BCUT2D eigenvalue weighted by atomic mass is 10.1. The van der Waals surface area contributed by atoms with Crippen LogP contribution in [0.25, 0.3) is 0 Å². The standard InChI is InChI=1S/C16H20ClNO3/c17-8-2-4-12-5-3-9-18(12)16(19)13-6-1-7-14-15(13)21-11-10-20-14/h1,6-7,12H,2-5,8-11H2. The Morgan fingerprint density at radius 2 is 2.19 bits per heavy atom. The third kappa shape index (κ3) is 2.95. The van der Waals surface area contributed by atoms with E-state index in [-0.39, 0.29) is 5.91 Å². The van der Waals surface area contributed by atoms with Gasteiger partial charge in [0.15, 0.2) is 11.5 Å². The monoisotopic (exact) mass is 309 g/mol. The fourth-order valence-electron chi connectivity index (χ4n) is 3.11. The molecular weight excluding hydrogens is 290 g/mol. The van der Waals surface area contributed by atoms with Crippen LogP contribution in [0.1, 0.15) is 36.0 Å². The topological polar surface area (TPSA) is 38.8 Å². The van der Waals surface area contributed by atoms with Crippen molar-refractivity contribution in [3.05, 3.63) is 23.8 Å². The van der Waals surface area contributed by atoms with Gasteiger partial charge in [-0.2, -0.15) is 0 Å². The average Bonchev–Trinajstić information content (AvgIpc) is 3.00. The van der Waals surface area contributed by atoms with Crippen LogP contribution in [0.5, 0.6) is 11.5 Å². The number of likely N-dealkylation sites (tertiary alicyclic amines) is 1. The summed E-state index contributed by atoms with van der Waals surface area (Å²) >= 11 is 5.78. The van der Waals surface area contributed by atoms with E-state index in [9.17, 15) is 4.79 Å². The SMILES string of the molecule is O=C(c1cccc2c1OCCO2)N1CCCC1CCCCl. The Hall–Kier alpha value is -1.42. The minimum absolute atomic E-state index is 0.0504. The lowest BCUT2D eigenvalue weighted by molar-refractivity contribution is 0.0719. The predicted molar refractivity (Wildman–Crippen MR) is 81.4 cm³/mol. The Balaban J connectivity index is 1.81. The van der Waals surface area contributed by atoms with Crippen molar-refractivity contribution in [1.29, 1.82) is 0 Å². The molecule has 0 radical (unpaired) electrons. The van der Waals surface area contributed by atoms with Gasteiger partial charge in [0.1, 0.15) is 13.2 Å². The van der Waals surface area contributed by atoms with Crippen molar-refractivity contribution < 1.29 is 14.3 Å². The number of rotatable bonds is 4. The first-order valence-corrected chi connectivity index (χ1v) is 8.10. The molecule has 1 saturated heterocycles. The molecule has 21 heavy (non-hydrogen) atoms. The summed E-state index contributed by atoms with van der Waals surface area (Å²) in [5, 5.41) is 0. The van der Waals surface area contributed by atoms with Crippen molar-refractivity contribution in [3.8, 4) is 11.5 Å². The first kappa shape index (κ1) is 14.5. The molecule has 2 heterocycles. The Morgan fingerprint density at radius 3 is 3.05 bits per heavy atom. The number of benzene rings is 1. The number of carbonyl (C=O) groups excluding carboxylic acids is 1. The van der Waals surface area contributed by atoms with Gasteiger partial charge >= 0.3 is 0 Å². The van der Waals surface area contributed by atoms with Crippen LogP contribution in [0, 0.1) is 0 Å². The van der Waals surface area contributed by atoms with E-state index >= 15 is 0 Å². The minimum Gasteiger partial charge on any atom is -0.486 e. The maximum absolute atomic E-state index is 12.8. The number of hydrogen-bond acceptors (Lipinski definition) is 3. The normalized spacial score (nSPS) is 20.6. The molecule has 1 unspecified atom stereocenters. The first-order valence-electron chi connectivity index (χ1n) is 7.57. The molecule has 2 aliphatic rings. The van der Waals surface area contributed by atoms with Crippen LogP contribution in [0.2, 0.25) is 0 Å². The smallest absolute Gasteiger partial charge is 0.258 e. The van der Waals surface area contributed by atoms with Crippen molar-refractivity contribution >= 4 is 17.5 Å². The summed E-state index contributed by atoms with van der Waals surface area (Å²) in [6, 6.07) is 5.83. The molecule has 1 fully saturated rings. The molecule has 0 N–H and O–H groups in total. The minimum atomic E-state index is 0.0504. The van der Waals surface area contributed by atoms with Crippen LogP contribution in [-0.4, -0.2) is 42.5 Å². The number of amides is 1. The summed E-state index contributed by atoms with van der Waals surface area (Å²) in [6.45, 7) is 1.84. The molecule has 5 heteroatoms. The van der Waals surface area contributed by atoms with E-state index in [4.69, 9.17) is 21.1 Å². The molecule has 1 aromatic carbocycles. The number of halogens is 1. The van der Waals surface area contributed by atoms with Crippen molar-refractivity contribution in [1.82, 2.24) is 4.90 Å². The molecule has 0 aromatic heterocycles. The van der Waals surface area contributed by atoms with Crippen LogP contribution in [0.3, 0.4) is 0 Å². The summed E-state index contributed by atoms with van der Waals surface area (Å²) in [4.78, 5) is 14.8. The number of para-hydroxylation sites is 1. The molecule has 1 amide bonds. The van der Waals surface area contributed by atoms with E-state index < -0.39 is 0 Å². The predicted octanol–water partition coefficient (Wildman–Crippen LogP) is 3.08. The second-order valence-corrected chi connectivity index (χ2v) is 5.83. The van der Waals surface area contributed by atoms with Crippen molar-refractivity contribution in [2.45, 2.75) is 31.7 Å². The highest BCUT2D eigenvalue weighted by molar-refractivity contribution is 6.17. The van der Waals surface area contributed by atoms with Crippen molar-refractivity contribution in [3.63, 3.8) is 0 Å². The fourth-order valence-corrected chi connectivity index (χ4v) is 3.27. The van der Waals surface area contributed by atoms with Crippen LogP contribution < -0.4 is 9.47 Å². The van der Waals surface area contributed by atoms with Gasteiger partial charge in [0.2, 0.25) is 0 Å². The zero-order chi connectivity index (χ0) is 14.7. The molecule has 0 spiro atoms. The third-order valence-corrected chi connectivity index (χ3v) is 4.37. The lowest BCUT2D eigenvalue weighted by Crippen LogP contribution is -2.36. The van der Waals surface area contributed by atoms with Gasteiger partial charge in [-0.3, -0.25) is 4.79 Å². The number of carbonyl (C=O) groups is 1. The summed E-state index contributed by atoms with van der Waals surface area (Å²) in [7, 11) is 0. The highest BCUT2D eigenvalue weighted by Gasteiger charge is 2.31. The van der Waals surface area contributed by atoms with Gasteiger partial charge < -0.3 is 14.4 Å². The Kier molecular flexibility index (Phi) is 4.54. The van der Waals surface area contributed by atoms with Crippen molar-refractivity contribution in [2.75, 3.05) is 25.6 Å². The van der Waals surface area contributed by atoms with Gasteiger partial charge in [-0.05, 0) is 37.8 Å². The number of fused-ring (bicyclic) bond motifs is 1. The molecule has 1 atom stereocenters. The summed E-state index contributed by atoms with van der Waals surface area (Å²) < 4.78 is 11.2. The Bertz CT molecular complexity index is 520. The van der Waals surface area contributed by atoms with E-state index in [0.717, 1.165) is 32.2 Å². The van der Waals surface area contributed by atoms with E-state index in [0.29, 0.717) is 42.2 Å². The van der Waals surface area contributed by atoms with E-state index in [1.54, 1.807) is 0 Å². The van der Waals surface area contributed by atoms with Crippen LogP contribution >= 0.6 is 11.6 Å². The van der Waals surface area contributed by atoms with Crippen molar-refractivity contribution in [2.24, 2.45) is 0 Å².